The molecule has 17 heavy (non-hydrogen) atoms. The molecule has 0 unspecified atom stereocenters. The van der Waals surface area contributed by atoms with Crippen LogP contribution in [0.2, 0.25) is 0 Å². The summed E-state index contributed by atoms with van der Waals surface area (Å²) in [4.78, 5) is 10.9. The van der Waals surface area contributed by atoms with E-state index in [1.54, 1.807) is 13.8 Å². The molecular weight excluding hydrogens is 218 g/mol. The molecule has 0 aliphatic rings. The van der Waals surface area contributed by atoms with Crippen molar-refractivity contribution in [2.45, 2.75) is 32.9 Å². The van der Waals surface area contributed by atoms with Gasteiger partial charge < -0.3 is 15.2 Å². The molecule has 0 amide bonds. The Bertz CT molecular complexity index is 388. The molecule has 4 nitrogen and oxygen atoms in total. The maximum Gasteiger partial charge on any atom is 0.303 e. The van der Waals surface area contributed by atoms with Gasteiger partial charge in [0.1, 0.15) is 18.0 Å². The van der Waals surface area contributed by atoms with Crippen molar-refractivity contribution in [3.63, 3.8) is 0 Å². The molecule has 0 aromatic heterocycles. The fourth-order valence-corrected chi connectivity index (χ4v) is 1.44. The number of rotatable bonds is 5. The average Bonchev–Trinajstić information content (AvgIpc) is 2.25. The Balaban J connectivity index is 2.57. The molecular formula is C13H19NO3. The van der Waals surface area contributed by atoms with E-state index in [1.165, 1.54) is 6.92 Å². The molecule has 0 spiro atoms. The molecule has 1 aromatic rings. The first kappa shape index (κ1) is 13.5. The standard InChI is InChI=1S/C13H19NO3/c1-10(15)17-13(2,3)9-16-12-6-4-5-11(7-12)8-14/h4-7H,8-9,14H2,1-3H3. The minimum Gasteiger partial charge on any atom is -0.489 e. The summed E-state index contributed by atoms with van der Waals surface area (Å²) < 4.78 is 10.7. The monoisotopic (exact) mass is 237 g/mol. The second-order valence-electron chi connectivity index (χ2n) is 4.49. The second kappa shape index (κ2) is 5.68. The summed E-state index contributed by atoms with van der Waals surface area (Å²) in [7, 11) is 0. The van der Waals surface area contributed by atoms with Crippen LogP contribution in [0.25, 0.3) is 0 Å². The van der Waals surface area contributed by atoms with E-state index in [2.05, 4.69) is 0 Å². The van der Waals surface area contributed by atoms with E-state index in [-0.39, 0.29) is 5.97 Å². The van der Waals surface area contributed by atoms with Crippen LogP contribution in [0.4, 0.5) is 0 Å². The number of esters is 1. The first-order chi connectivity index (χ1) is 7.93. The van der Waals surface area contributed by atoms with Crippen LogP contribution < -0.4 is 10.5 Å². The van der Waals surface area contributed by atoms with Gasteiger partial charge in [-0.25, -0.2) is 0 Å². The van der Waals surface area contributed by atoms with Gasteiger partial charge in [-0.2, -0.15) is 0 Å². The third-order valence-corrected chi connectivity index (χ3v) is 2.14. The zero-order valence-corrected chi connectivity index (χ0v) is 10.5. The van der Waals surface area contributed by atoms with Crippen LogP contribution >= 0.6 is 0 Å². The summed E-state index contributed by atoms with van der Waals surface area (Å²) in [5.74, 6) is 0.419. The Hall–Kier alpha value is -1.55. The molecule has 0 bridgehead atoms. The zero-order valence-electron chi connectivity index (χ0n) is 10.5. The van der Waals surface area contributed by atoms with Gasteiger partial charge in [-0.1, -0.05) is 12.1 Å². The van der Waals surface area contributed by atoms with Gasteiger partial charge in [0.05, 0.1) is 0 Å². The van der Waals surface area contributed by atoms with E-state index in [0.717, 1.165) is 11.3 Å². The summed E-state index contributed by atoms with van der Waals surface area (Å²) in [6, 6.07) is 7.55. The molecule has 0 radical (unpaired) electrons. The minimum atomic E-state index is -0.634. The van der Waals surface area contributed by atoms with Crippen LogP contribution in [0.5, 0.6) is 5.75 Å². The lowest BCUT2D eigenvalue weighted by Gasteiger charge is -2.24. The third-order valence-electron chi connectivity index (χ3n) is 2.14. The molecule has 0 heterocycles. The lowest BCUT2D eigenvalue weighted by atomic mass is 10.1. The first-order valence-corrected chi connectivity index (χ1v) is 5.54. The predicted molar refractivity (Wildman–Crippen MR) is 65.7 cm³/mol. The van der Waals surface area contributed by atoms with Crippen molar-refractivity contribution in [3.8, 4) is 5.75 Å². The molecule has 0 aliphatic heterocycles. The lowest BCUT2D eigenvalue weighted by Crippen LogP contribution is -2.34. The summed E-state index contributed by atoms with van der Waals surface area (Å²) in [6.45, 7) is 5.78. The molecule has 2 N–H and O–H groups in total. The topological polar surface area (TPSA) is 61.5 Å². The van der Waals surface area contributed by atoms with E-state index < -0.39 is 5.60 Å². The number of hydrogen-bond donors (Lipinski definition) is 1. The van der Waals surface area contributed by atoms with Crippen molar-refractivity contribution in [3.05, 3.63) is 29.8 Å². The molecule has 0 aliphatic carbocycles. The van der Waals surface area contributed by atoms with E-state index in [1.807, 2.05) is 24.3 Å². The van der Waals surface area contributed by atoms with E-state index in [0.29, 0.717) is 13.2 Å². The van der Waals surface area contributed by atoms with Crippen molar-refractivity contribution < 1.29 is 14.3 Å². The number of hydrogen-bond acceptors (Lipinski definition) is 4. The van der Waals surface area contributed by atoms with Gasteiger partial charge >= 0.3 is 5.97 Å². The minimum absolute atomic E-state index is 0.306. The van der Waals surface area contributed by atoms with Gasteiger partial charge in [0.15, 0.2) is 0 Å². The smallest absolute Gasteiger partial charge is 0.303 e. The zero-order chi connectivity index (χ0) is 12.9. The highest BCUT2D eigenvalue weighted by Crippen LogP contribution is 2.16. The molecule has 1 rings (SSSR count). The number of nitrogens with two attached hydrogens (primary N) is 1. The van der Waals surface area contributed by atoms with Gasteiger partial charge in [0, 0.05) is 13.5 Å². The highest BCUT2D eigenvalue weighted by Gasteiger charge is 2.22. The number of carbonyl (C=O) groups is 1. The molecule has 0 atom stereocenters. The summed E-state index contributed by atoms with van der Waals surface area (Å²) >= 11 is 0. The van der Waals surface area contributed by atoms with Crippen molar-refractivity contribution >= 4 is 5.97 Å². The summed E-state index contributed by atoms with van der Waals surface area (Å²) in [6.07, 6.45) is 0. The highest BCUT2D eigenvalue weighted by molar-refractivity contribution is 5.66. The van der Waals surface area contributed by atoms with Gasteiger partial charge in [0.25, 0.3) is 0 Å². The van der Waals surface area contributed by atoms with Gasteiger partial charge in [0.2, 0.25) is 0 Å². The quantitative estimate of drug-likeness (QED) is 0.794. The molecule has 1 aromatic carbocycles. The summed E-state index contributed by atoms with van der Waals surface area (Å²) in [5.41, 5.74) is 5.91. The van der Waals surface area contributed by atoms with Crippen molar-refractivity contribution in [2.24, 2.45) is 5.73 Å². The molecule has 94 valence electrons. The third kappa shape index (κ3) is 4.87. The van der Waals surface area contributed by atoms with Crippen LogP contribution in [0.15, 0.2) is 24.3 Å². The van der Waals surface area contributed by atoms with Gasteiger partial charge in [-0.05, 0) is 31.5 Å². The van der Waals surface area contributed by atoms with Crippen LogP contribution in [0.1, 0.15) is 26.3 Å². The van der Waals surface area contributed by atoms with Gasteiger partial charge in [-0.15, -0.1) is 0 Å². The number of ether oxygens (including phenoxy) is 2. The van der Waals surface area contributed by atoms with Crippen LogP contribution in [0.3, 0.4) is 0 Å². The molecule has 0 saturated carbocycles. The molecule has 4 heteroatoms. The second-order valence-corrected chi connectivity index (χ2v) is 4.49. The van der Waals surface area contributed by atoms with Crippen LogP contribution in [0, 0.1) is 0 Å². The van der Waals surface area contributed by atoms with Crippen molar-refractivity contribution in [1.29, 1.82) is 0 Å². The van der Waals surface area contributed by atoms with Crippen molar-refractivity contribution in [2.75, 3.05) is 6.61 Å². The molecule has 0 fully saturated rings. The Labute approximate surface area is 102 Å². The van der Waals surface area contributed by atoms with Crippen LogP contribution in [-0.2, 0) is 16.1 Å². The molecule has 0 saturated heterocycles. The van der Waals surface area contributed by atoms with Crippen molar-refractivity contribution in [1.82, 2.24) is 0 Å². The SMILES string of the molecule is CC(=O)OC(C)(C)COc1cccc(CN)c1. The average molecular weight is 237 g/mol. The maximum atomic E-state index is 10.9. The van der Waals surface area contributed by atoms with Crippen LogP contribution in [-0.4, -0.2) is 18.2 Å². The first-order valence-electron chi connectivity index (χ1n) is 5.54. The Morgan fingerprint density at radius 2 is 2.12 bits per heavy atom. The largest absolute Gasteiger partial charge is 0.489 e. The number of carbonyl (C=O) groups excluding carboxylic acids is 1. The fraction of sp³-hybridized carbons (Fsp3) is 0.462. The predicted octanol–water partition coefficient (Wildman–Crippen LogP) is 1.87. The van der Waals surface area contributed by atoms with E-state index >= 15 is 0 Å². The summed E-state index contributed by atoms with van der Waals surface area (Å²) in [5, 5.41) is 0. The highest BCUT2D eigenvalue weighted by atomic mass is 16.6. The van der Waals surface area contributed by atoms with E-state index in [9.17, 15) is 4.79 Å². The fourth-order valence-electron chi connectivity index (χ4n) is 1.44. The Morgan fingerprint density at radius 3 is 2.71 bits per heavy atom. The Kier molecular flexibility index (Phi) is 4.52. The Morgan fingerprint density at radius 1 is 1.41 bits per heavy atom. The van der Waals surface area contributed by atoms with Gasteiger partial charge in [-0.3, -0.25) is 4.79 Å². The normalized spacial score (nSPS) is 11.1. The number of benzene rings is 1. The van der Waals surface area contributed by atoms with E-state index in [4.69, 9.17) is 15.2 Å². The maximum absolute atomic E-state index is 10.9. The lowest BCUT2D eigenvalue weighted by molar-refractivity contribution is -0.156.